The zero-order chi connectivity index (χ0) is 25.4. The minimum Gasteiger partial charge on any atom is -0.507 e. The maximum Gasteiger partial charge on any atom is 0.257 e. The van der Waals surface area contributed by atoms with Gasteiger partial charge >= 0.3 is 0 Å². The second-order valence-electron chi connectivity index (χ2n) is 9.32. The van der Waals surface area contributed by atoms with Crippen LogP contribution < -0.4 is 0 Å². The summed E-state index contributed by atoms with van der Waals surface area (Å²) >= 11 is 17.3. The van der Waals surface area contributed by atoms with Gasteiger partial charge in [-0.25, -0.2) is 0 Å². The number of carbonyl (C=O) groups excluding carboxylic acids is 4. The summed E-state index contributed by atoms with van der Waals surface area (Å²) < 4.78 is 0. The Morgan fingerprint density at radius 2 is 1.86 bits per heavy atom. The SMILES string of the molecule is C=CCc1cccc(C2C3=CCC4C(=O)N(O)C(=O)C4C3CC3(Cl)C(=O)N(CBr)C(=O)C23Cl)c1O. The highest BCUT2D eigenvalue weighted by Crippen LogP contribution is 2.66. The Labute approximate surface area is 219 Å². The van der Waals surface area contributed by atoms with Crippen LogP contribution in [0.25, 0.3) is 0 Å². The number of aromatic hydroxyl groups is 1. The molecule has 1 aromatic carbocycles. The summed E-state index contributed by atoms with van der Waals surface area (Å²) in [4.78, 5) is 49.5. The van der Waals surface area contributed by atoms with E-state index in [1.165, 1.54) is 0 Å². The number of hydrogen-bond acceptors (Lipinski definition) is 6. The lowest BCUT2D eigenvalue weighted by molar-refractivity contribution is -0.173. The molecule has 0 aromatic heterocycles. The van der Waals surface area contributed by atoms with Gasteiger partial charge in [-0.05, 0) is 30.7 Å². The summed E-state index contributed by atoms with van der Waals surface area (Å²) in [7, 11) is 0. The van der Waals surface area contributed by atoms with Crippen molar-refractivity contribution in [2.24, 2.45) is 17.8 Å². The number of carbonyl (C=O) groups is 4. The molecular formula is C24H21BrCl2N2O6. The lowest BCUT2D eigenvalue weighted by Crippen LogP contribution is -2.60. The molecule has 1 aromatic rings. The summed E-state index contributed by atoms with van der Waals surface area (Å²) in [6.07, 6.45) is 3.64. The number of para-hydroxylation sites is 1. The molecule has 35 heavy (non-hydrogen) atoms. The summed E-state index contributed by atoms with van der Waals surface area (Å²) in [5.41, 5.74) is 1.23. The van der Waals surface area contributed by atoms with Gasteiger partial charge in [0.15, 0.2) is 9.75 Å². The van der Waals surface area contributed by atoms with Gasteiger partial charge in [0.1, 0.15) is 5.75 Å². The summed E-state index contributed by atoms with van der Waals surface area (Å²) in [6, 6.07) is 5.01. The topological polar surface area (TPSA) is 115 Å². The van der Waals surface area contributed by atoms with Crippen molar-refractivity contribution in [1.29, 1.82) is 0 Å². The number of allylic oxidation sites excluding steroid dienone is 3. The summed E-state index contributed by atoms with van der Waals surface area (Å²) in [6.45, 7) is 3.71. The number of phenolic OH excluding ortho intramolecular Hbond substituents is 1. The lowest BCUT2D eigenvalue weighted by atomic mass is 9.56. The van der Waals surface area contributed by atoms with E-state index in [0.717, 1.165) is 4.90 Å². The van der Waals surface area contributed by atoms with E-state index in [4.69, 9.17) is 23.2 Å². The first-order chi connectivity index (χ1) is 16.5. The van der Waals surface area contributed by atoms with E-state index in [-0.39, 0.29) is 34.7 Å². The molecule has 2 saturated heterocycles. The van der Waals surface area contributed by atoms with Crippen LogP contribution in [0.3, 0.4) is 0 Å². The van der Waals surface area contributed by atoms with E-state index < -0.39 is 57.0 Å². The number of amides is 4. The highest BCUT2D eigenvalue weighted by atomic mass is 79.9. The molecule has 4 aliphatic rings. The zero-order valence-corrected chi connectivity index (χ0v) is 21.4. The Hall–Kier alpha value is -2.20. The monoisotopic (exact) mass is 582 g/mol. The molecule has 2 aliphatic carbocycles. The van der Waals surface area contributed by atoms with Crippen molar-refractivity contribution in [3.05, 3.63) is 53.6 Å². The van der Waals surface area contributed by atoms with Crippen molar-refractivity contribution in [3.8, 4) is 5.75 Å². The van der Waals surface area contributed by atoms with Gasteiger partial charge in [0.05, 0.1) is 17.3 Å². The van der Waals surface area contributed by atoms with Crippen molar-refractivity contribution in [3.63, 3.8) is 0 Å². The third-order valence-corrected chi connectivity index (χ3v) is 9.73. The van der Waals surface area contributed by atoms with Crippen LogP contribution >= 0.6 is 39.1 Å². The fourth-order valence-corrected chi connectivity index (χ4v) is 7.66. The van der Waals surface area contributed by atoms with Gasteiger partial charge in [0.25, 0.3) is 23.6 Å². The first-order valence-corrected chi connectivity index (χ1v) is 12.9. The highest BCUT2D eigenvalue weighted by molar-refractivity contribution is 9.09. The fourth-order valence-electron chi connectivity index (χ4n) is 6.25. The van der Waals surface area contributed by atoms with Crippen molar-refractivity contribution in [2.75, 3.05) is 5.45 Å². The average molecular weight is 584 g/mol. The Bertz CT molecular complexity index is 1240. The first-order valence-electron chi connectivity index (χ1n) is 11.0. The van der Waals surface area contributed by atoms with E-state index >= 15 is 0 Å². The van der Waals surface area contributed by atoms with Gasteiger partial charge in [-0.3, -0.25) is 29.3 Å². The van der Waals surface area contributed by atoms with Crippen LogP contribution in [0.4, 0.5) is 0 Å². The van der Waals surface area contributed by atoms with Gasteiger partial charge in [-0.1, -0.05) is 51.9 Å². The van der Waals surface area contributed by atoms with Gasteiger partial charge in [-0.15, -0.1) is 29.8 Å². The zero-order valence-electron chi connectivity index (χ0n) is 18.3. The molecule has 6 atom stereocenters. The van der Waals surface area contributed by atoms with Crippen LogP contribution in [0.2, 0.25) is 0 Å². The Balaban J connectivity index is 1.77. The smallest absolute Gasteiger partial charge is 0.257 e. The number of nitrogens with zero attached hydrogens (tertiary/aromatic N) is 2. The molecule has 11 heteroatoms. The molecule has 1 saturated carbocycles. The number of halogens is 3. The van der Waals surface area contributed by atoms with E-state index in [1.807, 2.05) is 0 Å². The minimum absolute atomic E-state index is 0.115. The van der Waals surface area contributed by atoms with Crippen molar-refractivity contribution in [1.82, 2.24) is 9.96 Å². The molecule has 3 fully saturated rings. The quantitative estimate of drug-likeness (QED) is 0.185. The van der Waals surface area contributed by atoms with Gasteiger partial charge in [0.2, 0.25) is 0 Å². The number of likely N-dealkylation sites (tertiary alicyclic amines) is 1. The van der Waals surface area contributed by atoms with Crippen LogP contribution in [0, 0.1) is 17.8 Å². The molecule has 184 valence electrons. The Morgan fingerprint density at radius 1 is 1.14 bits per heavy atom. The van der Waals surface area contributed by atoms with E-state index in [9.17, 15) is 29.5 Å². The van der Waals surface area contributed by atoms with Crippen LogP contribution in [0.5, 0.6) is 5.75 Å². The standard InChI is InChI=1S/C24H21BrCl2N2O6/c1-2-4-11-5-3-6-14(18(11)30)17-12-7-8-13-16(20(32)29(35)19(13)31)15(12)9-23(26)21(33)28(10-25)22(34)24(17,23)27/h2-3,5-7,13,15-17,30,35H,1,4,8-10H2. The fraction of sp³-hybridized carbons (Fsp3) is 0.417. The van der Waals surface area contributed by atoms with Gasteiger partial charge in [0, 0.05) is 11.5 Å². The largest absolute Gasteiger partial charge is 0.507 e. The normalized spacial score (nSPS) is 36.2. The molecule has 2 N–H and O–H groups in total. The number of phenols is 1. The van der Waals surface area contributed by atoms with Crippen LogP contribution in [0.1, 0.15) is 29.9 Å². The minimum atomic E-state index is -2.00. The van der Waals surface area contributed by atoms with E-state index in [1.54, 1.807) is 30.4 Å². The summed E-state index contributed by atoms with van der Waals surface area (Å²) in [5.74, 6) is -6.66. The number of rotatable bonds is 4. The predicted octanol–water partition coefficient (Wildman–Crippen LogP) is 3.22. The van der Waals surface area contributed by atoms with Crippen molar-refractivity contribution >= 4 is 62.8 Å². The summed E-state index contributed by atoms with van der Waals surface area (Å²) in [5, 5.41) is 21.4. The first kappa shape index (κ1) is 24.5. The third kappa shape index (κ3) is 2.95. The molecule has 0 radical (unpaired) electrons. The molecule has 5 rings (SSSR count). The number of benzene rings is 1. The molecule has 6 unspecified atom stereocenters. The molecule has 4 amide bonds. The molecule has 0 spiro atoms. The molecular weight excluding hydrogens is 563 g/mol. The third-order valence-electron chi connectivity index (χ3n) is 7.82. The number of imide groups is 2. The van der Waals surface area contributed by atoms with Gasteiger partial charge < -0.3 is 5.11 Å². The lowest BCUT2D eigenvalue weighted by Gasteiger charge is -2.50. The Morgan fingerprint density at radius 3 is 2.51 bits per heavy atom. The van der Waals surface area contributed by atoms with E-state index in [0.29, 0.717) is 17.6 Å². The highest BCUT2D eigenvalue weighted by Gasteiger charge is 2.76. The molecule has 0 bridgehead atoms. The van der Waals surface area contributed by atoms with Crippen molar-refractivity contribution < 1.29 is 29.5 Å². The van der Waals surface area contributed by atoms with Crippen LogP contribution in [-0.2, 0) is 25.6 Å². The molecule has 2 heterocycles. The maximum atomic E-state index is 13.6. The number of hydrogen-bond donors (Lipinski definition) is 2. The maximum absolute atomic E-state index is 13.6. The second kappa shape index (κ2) is 8.16. The van der Waals surface area contributed by atoms with Crippen molar-refractivity contribution in [2.45, 2.75) is 34.9 Å². The molecule has 8 nitrogen and oxygen atoms in total. The van der Waals surface area contributed by atoms with Crippen LogP contribution in [0.15, 0.2) is 42.5 Å². The predicted molar refractivity (Wildman–Crippen MR) is 129 cm³/mol. The number of hydroxylamine groups is 2. The van der Waals surface area contributed by atoms with E-state index in [2.05, 4.69) is 22.5 Å². The average Bonchev–Trinajstić information content (AvgIpc) is 3.14. The number of fused-ring (bicyclic) bond motifs is 4. The second-order valence-corrected chi connectivity index (χ2v) is 11.1. The van der Waals surface area contributed by atoms with Crippen LogP contribution in [-0.4, -0.2) is 59.1 Å². The Kier molecular flexibility index (Phi) is 5.71. The number of alkyl halides is 3. The van der Waals surface area contributed by atoms with Gasteiger partial charge in [-0.2, -0.15) is 5.06 Å². The molecule has 2 aliphatic heterocycles.